The van der Waals surface area contributed by atoms with Gasteiger partial charge in [-0.2, -0.15) is 4.98 Å². The van der Waals surface area contributed by atoms with Crippen LogP contribution in [0.2, 0.25) is 5.02 Å². The van der Waals surface area contributed by atoms with Gasteiger partial charge in [0.05, 0.1) is 6.54 Å². The lowest BCUT2D eigenvalue weighted by atomic mass is 9.90. The fourth-order valence-corrected chi connectivity index (χ4v) is 3.64. The van der Waals surface area contributed by atoms with E-state index in [1.165, 1.54) is 23.0 Å². The maximum Gasteiger partial charge on any atom is 0.352 e. The Morgan fingerprint density at radius 3 is 2.52 bits per heavy atom. The lowest BCUT2D eigenvalue weighted by molar-refractivity contribution is 0.626. The number of aromatic nitrogens is 3. The van der Waals surface area contributed by atoms with Gasteiger partial charge in [0.1, 0.15) is 12.1 Å². The Labute approximate surface area is 173 Å². The number of rotatable bonds is 4. The van der Waals surface area contributed by atoms with Crippen LogP contribution in [0.25, 0.3) is 5.57 Å². The van der Waals surface area contributed by atoms with Crippen LogP contribution in [0.15, 0.2) is 65.7 Å². The van der Waals surface area contributed by atoms with Gasteiger partial charge in [0.25, 0.3) is 0 Å². The van der Waals surface area contributed by atoms with Crippen molar-refractivity contribution in [3.8, 4) is 0 Å². The lowest BCUT2D eigenvalue weighted by Crippen LogP contribution is -2.37. The molecule has 0 N–H and O–H groups in total. The molecule has 2 heterocycles. The van der Waals surface area contributed by atoms with Gasteiger partial charge in [-0.1, -0.05) is 48.9 Å². The molecule has 1 unspecified atom stereocenters. The van der Waals surface area contributed by atoms with E-state index in [1.807, 2.05) is 17.0 Å². The normalized spacial score (nSPS) is 16.6. The summed E-state index contributed by atoms with van der Waals surface area (Å²) in [7, 11) is 0. The molecule has 148 valence electrons. The van der Waals surface area contributed by atoms with Gasteiger partial charge in [0.2, 0.25) is 5.95 Å². The van der Waals surface area contributed by atoms with Crippen molar-refractivity contribution in [2.24, 2.45) is 5.92 Å². The van der Waals surface area contributed by atoms with Crippen molar-refractivity contribution >= 4 is 23.1 Å². The van der Waals surface area contributed by atoms with Gasteiger partial charge in [-0.3, -0.25) is 4.57 Å². The average Bonchev–Trinajstić information content (AvgIpc) is 2.72. The van der Waals surface area contributed by atoms with E-state index in [9.17, 15) is 9.18 Å². The van der Waals surface area contributed by atoms with E-state index in [-0.39, 0.29) is 17.4 Å². The second-order valence-electron chi connectivity index (χ2n) is 7.17. The molecule has 0 amide bonds. The molecule has 29 heavy (non-hydrogen) atoms. The minimum atomic E-state index is -0.342. The van der Waals surface area contributed by atoms with Crippen molar-refractivity contribution in [1.82, 2.24) is 14.5 Å². The molecule has 0 radical (unpaired) electrons. The molecule has 0 spiro atoms. The predicted molar refractivity (Wildman–Crippen MR) is 113 cm³/mol. The predicted octanol–water partition coefficient (Wildman–Crippen LogP) is 4.02. The summed E-state index contributed by atoms with van der Waals surface area (Å²) in [5, 5.41) is 0.653. The zero-order valence-corrected chi connectivity index (χ0v) is 16.7. The third kappa shape index (κ3) is 4.38. The monoisotopic (exact) mass is 410 g/mol. The molecule has 0 saturated carbocycles. The molecular weight excluding hydrogens is 391 g/mol. The number of hydrogen-bond acceptors (Lipinski definition) is 4. The standard InChI is InChI=1S/C22H20ClFN4O/c1-15-12-27(11-10-20(15)17-4-8-19(24)9-5-17)21-25-14-28(22(29)26-21)13-16-2-6-18(23)7-3-16/h2-10,14-15H,11-13H2,1H3. The van der Waals surface area contributed by atoms with E-state index in [2.05, 4.69) is 23.0 Å². The Balaban J connectivity index is 1.50. The molecule has 1 aliphatic heterocycles. The number of hydrogen-bond donors (Lipinski definition) is 0. The average molecular weight is 411 g/mol. The van der Waals surface area contributed by atoms with Crippen LogP contribution in [0.5, 0.6) is 0 Å². The van der Waals surface area contributed by atoms with Crippen LogP contribution >= 0.6 is 11.6 Å². The van der Waals surface area contributed by atoms with Crippen molar-refractivity contribution in [2.45, 2.75) is 13.5 Å². The molecule has 1 aliphatic rings. The van der Waals surface area contributed by atoms with Crippen LogP contribution < -0.4 is 10.6 Å². The first kappa shape index (κ1) is 19.3. The van der Waals surface area contributed by atoms with Gasteiger partial charge in [0.15, 0.2) is 0 Å². The second-order valence-corrected chi connectivity index (χ2v) is 7.60. The van der Waals surface area contributed by atoms with Crippen molar-refractivity contribution in [1.29, 1.82) is 0 Å². The summed E-state index contributed by atoms with van der Waals surface area (Å²) >= 11 is 5.90. The summed E-state index contributed by atoms with van der Waals surface area (Å²) in [6.45, 7) is 3.77. The molecule has 4 rings (SSSR count). The van der Waals surface area contributed by atoms with E-state index < -0.39 is 0 Å². The summed E-state index contributed by atoms with van der Waals surface area (Å²) in [5.74, 6) is 0.380. The highest BCUT2D eigenvalue weighted by atomic mass is 35.5. The molecule has 1 atom stereocenters. The van der Waals surface area contributed by atoms with Gasteiger partial charge in [0, 0.05) is 18.1 Å². The van der Waals surface area contributed by atoms with Gasteiger partial charge in [-0.15, -0.1) is 0 Å². The molecule has 0 bridgehead atoms. The van der Waals surface area contributed by atoms with Gasteiger partial charge >= 0.3 is 5.69 Å². The quantitative estimate of drug-likeness (QED) is 0.652. The zero-order chi connectivity index (χ0) is 20.4. The van der Waals surface area contributed by atoms with E-state index >= 15 is 0 Å². The Morgan fingerprint density at radius 1 is 1.14 bits per heavy atom. The van der Waals surface area contributed by atoms with Crippen LogP contribution in [-0.4, -0.2) is 27.6 Å². The van der Waals surface area contributed by atoms with Crippen molar-refractivity contribution in [3.05, 3.63) is 93.4 Å². The van der Waals surface area contributed by atoms with Crippen molar-refractivity contribution in [2.75, 3.05) is 18.0 Å². The van der Waals surface area contributed by atoms with Gasteiger partial charge < -0.3 is 4.90 Å². The second kappa shape index (κ2) is 8.17. The summed E-state index contributed by atoms with van der Waals surface area (Å²) in [4.78, 5) is 23.0. The summed E-state index contributed by atoms with van der Waals surface area (Å²) in [6, 6.07) is 13.9. The molecule has 2 aromatic carbocycles. The molecule has 3 aromatic rings. The van der Waals surface area contributed by atoms with Gasteiger partial charge in [-0.05, 0) is 46.9 Å². The summed E-state index contributed by atoms with van der Waals surface area (Å²) in [5.41, 5.74) is 2.78. The smallest absolute Gasteiger partial charge is 0.336 e. The highest BCUT2D eigenvalue weighted by Gasteiger charge is 2.22. The van der Waals surface area contributed by atoms with E-state index in [4.69, 9.17) is 11.6 Å². The van der Waals surface area contributed by atoms with E-state index in [0.717, 1.165) is 16.7 Å². The Bertz CT molecular complexity index is 1090. The highest BCUT2D eigenvalue weighted by molar-refractivity contribution is 6.30. The van der Waals surface area contributed by atoms with E-state index in [0.29, 0.717) is 30.6 Å². The largest absolute Gasteiger partial charge is 0.352 e. The summed E-state index contributed by atoms with van der Waals surface area (Å²) in [6.07, 6.45) is 3.62. The molecule has 1 aromatic heterocycles. The lowest BCUT2D eigenvalue weighted by Gasteiger charge is -2.31. The number of nitrogens with zero attached hydrogens (tertiary/aromatic N) is 4. The first-order chi connectivity index (χ1) is 14.0. The zero-order valence-electron chi connectivity index (χ0n) is 15.9. The molecule has 0 aliphatic carbocycles. The fourth-order valence-electron chi connectivity index (χ4n) is 3.52. The molecular formula is C22H20ClFN4O. The molecule has 5 nitrogen and oxygen atoms in total. The maximum atomic E-state index is 13.2. The SMILES string of the molecule is CC1CN(c2ncn(Cc3ccc(Cl)cc3)c(=O)n2)CC=C1c1ccc(F)cc1. The first-order valence-electron chi connectivity index (χ1n) is 9.38. The number of halogens is 2. The topological polar surface area (TPSA) is 51.0 Å². The Kier molecular flexibility index (Phi) is 5.45. The minimum Gasteiger partial charge on any atom is -0.336 e. The van der Waals surface area contributed by atoms with Crippen molar-refractivity contribution in [3.63, 3.8) is 0 Å². The number of benzene rings is 2. The Hall–Kier alpha value is -2.99. The van der Waals surface area contributed by atoms with Crippen molar-refractivity contribution < 1.29 is 4.39 Å². The van der Waals surface area contributed by atoms with Crippen LogP contribution in [-0.2, 0) is 6.54 Å². The van der Waals surface area contributed by atoms with Crippen LogP contribution in [0, 0.1) is 11.7 Å². The van der Waals surface area contributed by atoms with Crippen LogP contribution in [0.1, 0.15) is 18.1 Å². The third-order valence-electron chi connectivity index (χ3n) is 5.04. The maximum absolute atomic E-state index is 13.2. The first-order valence-corrected chi connectivity index (χ1v) is 9.76. The molecule has 0 fully saturated rings. The van der Waals surface area contributed by atoms with Crippen LogP contribution in [0.4, 0.5) is 10.3 Å². The highest BCUT2D eigenvalue weighted by Crippen LogP contribution is 2.28. The molecule has 7 heteroatoms. The van der Waals surface area contributed by atoms with Gasteiger partial charge in [-0.25, -0.2) is 14.2 Å². The summed E-state index contributed by atoms with van der Waals surface area (Å²) < 4.78 is 14.7. The third-order valence-corrected chi connectivity index (χ3v) is 5.29. The number of anilines is 1. The van der Waals surface area contributed by atoms with Crippen LogP contribution in [0.3, 0.4) is 0 Å². The Morgan fingerprint density at radius 2 is 1.86 bits per heavy atom. The minimum absolute atomic E-state index is 0.203. The molecule has 0 saturated heterocycles. The fraction of sp³-hybridized carbons (Fsp3) is 0.227. The van der Waals surface area contributed by atoms with E-state index in [1.54, 1.807) is 24.3 Å².